The fraction of sp³-hybridized carbons (Fsp3) is 0.136. The van der Waals surface area contributed by atoms with Gasteiger partial charge in [0, 0.05) is 29.6 Å². The number of hydrogen-bond donors (Lipinski definition) is 2. The number of aryl methyl sites for hydroxylation is 2. The number of aromatic amines is 1. The molecule has 4 rings (SSSR count). The third-order valence-corrected chi connectivity index (χ3v) is 4.92. The Bertz CT molecular complexity index is 1300. The number of carbonyl (C=O) groups excluding carboxylic acids is 1. The number of benzene rings is 2. The van der Waals surface area contributed by atoms with Gasteiger partial charge in [-0.2, -0.15) is 5.26 Å². The van der Waals surface area contributed by atoms with E-state index in [-0.39, 0.29) is 35.4 Å². The minimum absolute atomic E-state index is 0.0600. The summed E-state index contributed by atoms with van der Waals surface area (Å²) in [6.45, 7) is 0. The van der Waals surface area contributed by atoms with Crippen LogP contribution < -0.4 is 5.73 Å². The monoisotopic (exact) mass is 406 g/mol. The minimum atomic E-state index is -0.760. The van der Waals surface area contributed by atoms with Gasteiger partial charge >= 0.3 is 0 Å². The lowest BCUT2D eigenvalue weighted by molar-refractivity contribution is 0.0991. The normalized spacial score (nSPS) is 11.0. The molecule has 0 unspecified atom stereocenters. The molecule has 2 heterocycles. The predicted molar refractivity (Wildman–Crippen MR) is 105 cm³/mol. The summed E-state index contributed by atoms with van der Waals surface area (Å²) in [5.41, 5.74) is 7.70. The van der Waals surface area contributed by atoms with Crippen molar-refractivity contribution in [3.05, 3.63) is 87.9 Å². The van der Waals surface area contributed by atoms with E-state index in [0.29, 0.717) is 12.0 Å². The zero-order chi connectivity index (χ0) is 21.3. The van der Waals surface area contributed by atoms with E-state index in [1.807, 2.05) is 12.3 Å². The molecule has 2 aromatic carbocycles. The first-order valence-electron chi connectivity index (χ1n) is 9.17. The van der Waals surface area contributed by atoms with Gasteiger partial charge in [0.1, 0.15) is 17.4 Å². The summed E-state index contributed by atoms with van der Waals surface area (Å²) in [5, 5.41) is 13.5. The number of nitrogens with two attached hydrogens (primary N) is 1. The topological polar surface area (TPSA) is 109 Å². The number of carbonyl (C=O) groups is 1. The first-order valence-corrected chi connectivity index (χ1v) is 9.17. The molecule has 1 amide bonds. The highest BCUT2D eigenvalue weighted by molar-refractivity contribution is 5.90. The van der Waals surface area contributed by atoms with Crippen LogP contribution in [-0.2, 0) is 19.3 Å². The minimum Gasteiger partial charge on any atom is -0.364 e. The molecule has 150 valence electrons. The number of amides is 1. The lowest BCUT2D eigenvalue weighted by Gasteiger charge is -2.08. The van der Waals surface area contributed by atoms with Gasteiger partial charge in [0.15, 0.2) is 5.69 Å². The van der Waals surface area contributed by atoms with E-state index in [1.54, 1.807) is 12.1 Å². The average molecular weight is 406 g/mol. The summed E-state index contributed by atoms with van der Waals surface area (Å²) in [6, 6.07) is 11.0. The van der Waals surface area contributed by atoms with Gasteiger partial charge in [0.2, 0.25) is 0 Å². The molecule has 0 saturated carbocycles. The SMILES string of the molecule is N#Cc1ccc2[nH]cc(CCc3cc(F)cc(Cc4cc(C(N)=O)no4)c3F)c2c1. The Hall–Kier alpha value is -3.99. The van der Waals surface area contributed by atoms with Crippen molar-refractivity contribution in [2.24, 2.45) is 5.73 Å². The van der Waals surface area contributed by atoms with Crippen molar-refractivity contribution in [2.75, 3.05) is 0 Å². The molecule has 0 radical (unpaired) electrons. The molecular weight excluding hydrogens is 390 g/mol. The smallest absolute Gasteiger partial charge is 0.270 e. The maximum Gasteiger partial charge on any atom is 0.270 e. The number of nitrogens with zero attached hydrogens (tertiary/aromatic N) is 2. The van der Waals surface area contributed by atoms with Crippen LogP contribution in [0, 0.1) is 23.0 Å². The van der Waals surface area contributed by atoms with Crippen molar-refractivity contribution in [3.63, 3.8) is 0 Å². The van der Waals surface area contributed by atoms with Crippen LogP contribution in [0.4, 0.5) is 8.78 Å². The molecule has 2 aromatic heterocycles. The van der Waals surface area contributed by atoms with Gasteiger partial charge in [-0.15, -0.1) is 0 Å². The maximum absolute atomic E-state index is 15.0. The molecule has 8 heteroatoms. The van der Waals surface area contributed by atoms with E-state index >= 15 is 0 Å². The van der Waals surface area contributed by atoms with Crippen molar-refractivity contribution < 1.29 is 18.1 Å². The molecular formula is C22H16F2N4O2. The van der Waals surface area contributed by atoms with Crippen LogP contribution in [0.1, 0.15) is 38.5 Å². The molecule has 0 spiro atoms. The van der Waals surface area contributed by atoms with E-state index in [9.17, 15) is 13.6 Å². The Morgan fingerprint density at radius 2 is 1.90 bits per heavy atom. The van der Waals surface area contributed by atoms with Crippen LogP contribution in [-0.4, -0.2) is 16.0 Å². The van der Waals surface area contributed by atoms with Crippen LogP contribution in [0.15, 0.2) is 47.1 Å². The van der Waals surface area contributed by atoms with E-state index < -0.39 is 17.5 Å². The summed E-state index contributed by atoms with van der Waals surface area (Å²) in [6.07, 6.45) is 2.48. The van der Waals surface area contributed by atoms with E-state index in [1.165, 1.54) is 12.1 Å². The molecule has 4 aromatic rings. The molecule has 0 bridgehead atoms. The van der Waals surface area contributed by atoms with E-state index in [0.717, 1.165) is 22.5 Å². The Morgan fingerprint density at radius 3 is 2.63 bits per heavy atom. The maximum atomic E-state index is 15.0. The van der Waals surface area contributed by atoms with E-state index in [2.05, 4.69) is 16.2 Å². The standard InChI is InChI=1S/C22H16F2N4O2/c23-16-6-13(2-3-14-11-27-19-4-1-12(10-25)5-18(14)19)21(24)15(7-16)8-17-9-20(22(26)29)28-30-17/h1,4-7,9,11,27H,2-3,8H2,(H2,26,29). The molecule has 0 aliphatic carbocycles. The molecule has 0 aliphatic rings. The third kappa shape index (κ3) is 3.78. The second-order valence-electron chi connectivity index (χ2n) is 6.94. The summed E-state index contributed by atoms with van der Waals surface area (Å²) in [5.74, 6) is -1.66. The number of nitrogens with one attached hydrogen (secondary N) is 1. The first kappa shape index (κ1) is 19.3. The zero-order valence-electron chi connectivity index (χ0n) is 15.7. The first-order chi connectivity index (χ1) is 14.4. The van der Waals surface area contributed by atoms with Crippen LogP contribution in [0.5, 0.6) is 0 Å². The van der Waals surface area contributed by atoms with Gasteiger partial charge in [-0.3, -0.25) is 4.79 Å². The average Bonchev–Trinajstić information content (AvgIpc) is 3.36. The molecule has 0 saturated heterocycles. The summed E-state index contributed by atoms with van der Waals surface area (Å²) in [7, 11) is 0. The molecule has 30 heavy (non-hydrogen) atoms. The van der Waals surface area contributed by atoms with Crippen molar-refractivity contribution >= 4 is 16.8 Å². The van der Waals surface area contributed by atoms with Gasteiger partial charge < -0.3 is 15.2 Å². The van der Waals surface area contributed by atoms with E-state index in [4.69, 9.17) is 15.5 Å². The van der Waals surface area contributed by atoms with Crippen molar-refractivity contribution in [3.8, 4) is 6.07 Å². The number of aromatic nitrogens is 2. The van der Waals surface area contributed by atoms with Crippen LogP contribution in [0.2, 0.25) is 0 Å². The summed E-state index contributed by atoms with van der Waals surface area (Å²) in [4.78, 5) is 14.2. The molecule has 0 atom stereocenters. The predicted octanol–water partition coefficient (Wildman–Crippen LogP) is 3.78. The van der Waals surface area contributed by atoms with Gasteiger partial charge in [-0.1, -0.05) is 5.16 Å². The number of nitriles is 1. The lowest BCUT2D eigenvalue weighted by atomic mass is 9.99. The fourth-order valence-corrected chi connectivity index (χ4v) is 3.44. The highest BCUT2D eigenvalue weighted by Crippen LogP contribution is 2.24. The highest BCUT2D eigenvalue weighted by atomic mass is 19.1. The third-order valence-electron chi connectivity index (χ3n) is 4.92. The van der Waals surface area contributed by atoms with Gasteiger partial charge in [0.25, 0.3) is 5.91 Å². The van der Waals surface area contributed by atoms with Crippen molar-refractivity contribution in [2.45, 2.75) is 19.3 Å². The Morgan fingerprint density at radius 1 is 1.13 bits per heavy atom. The van der Waals surface area contributed by atoms with Crippen molar-refractivity contribution in [1.29, 1.82) is 5.26 Å². The largest absolute Gasteiger partial charge is 0.364 e. The number of halogens is 2. The second kappa shape index (κ2) is 7.79. The number of fused-ring (bicyclic) bond motifs is 1. The Labute approximate surface area is 169 Å². The number of primary amides is 1. The van der Waals surface area contributed by atoms with Gasteiger partial charge in [-0.25, -0.2) is 8.78 Å². The molecule has 0 fully saturated rings. The Kier molecular flexibility index (Phi) is 5.02. The second-order valence-corrected chi connectivity index (χ2v) is 6.94. The van der Waals surface area contributed by atoms with Gasteiger partial charge in [-0.05, 0) is 59.9 Å². The number of H-pyrrole nitrogens is 1. The zero-order valence-corrected chi connectivity index (χ0v) is 15.7. The fourth-order valence-electron chi connectivity index (χ4n) is 3.44. The lowest BCUT2D eigenvalue weighted by Crippen LogP contribution is -2.10. The molecule has 6 nitrogen and oxygen atoms in total. The summed E-state index contributed by atoms with van der Waals surface area (Å²) >= 11 is 0. The van der Waals surface area contributed by atoms with Crippen LogP contribution >= 0.6 is 0 Å². The van der Waals surface area contributed by atoms with Crippen LogP contribution in [0.3, 0.4) is 0 Å². The number of rotatable bonds is 6. The van der Waals surface area contributed by atoms with Crippen molar-refractivity contribution in [1.82, 2.24) is 10.1 Å². The molecule has 3 N–H and O–H groups in total. The molecule has 0 aliphatic heterocycles. The Balaban J connectivity index is 1.57. The quantitative estimate of drug-likeness (QED) is 0.508. The van der Waals surface area contributed by atoms with Crippen LogP contribution in [0.25, 0.3) is 10.9 Å². The highest BCUT2D eigenvalue weighted by Gasteiger charge is 2.16. The number of hydrogen-bond acceptors (Lipinski definition) is 4. The summed E-state index contributed by atoms with van der Waals surface area (Å²) < 4.78 is 34.1. The van der Waals surface area contributed by atoms with Gasteiger partial charge in [0.05, 0.1) is 11.6 Å².